The minimum Gasteiger partial charge on any atom is -0.385 e. The van der Waals surface area contributed by atoms with Gasteiger partial charge < -0.3 is 15.0 Å². The zero-order chi connectivity index (χ0) is 15.0. The summed E-state index contributed by atoms with van der Waals surface area (Å²) in [6.07, 6.45) is 2.12. The second-order valence-electron chi connectivity index (χ2n) is 4.23. The van der Waals surface area contributed by atoms with E-state index in [1.807, 2.05) is 0 Å². The summed E-state index contributed by atoms with van der Waals surface area (Å²) in [5.41, 5.74) is 0.393. The molecule has 0 fully saturated rings. The third-order valence-corrected chi connectivity index (χ3v) is 2.77. The Hall–Kier alpha value is -1.66. The van der Waals surface area contributed by atoms with Crippen LogP contribution in [0.25, 0.3) is 0 Å². The van der Waals surface area contributed by atoms with E-state index in [2.05, 4.69) is 10.3 Å². The van der Waals surface area contributed by atoms with E-state index in [4.69, 9.17) is 16.3 Å². The third-order valence-electron chi connectivity index (χ3n) is 2.55. The van der Waals surface area contributed by atoms with Crippen LogP contribution >= 0.6 is 11.6 Å². The molecule has 0 saturated carbocycles. The van der Waals surface area contributed by atoms with Gasteiger partial charge in [-0.05, 0) is 18.6 Å². The highest BCUT2D eigenvalue weighted by molar-refractivity contribution is 6.29. The van der Waals surface area contributed by atoms with Gasteiger partial charge in [-0.25, -0.2) is 4.98 Å². The summed E-state index contributed by atoms with van der Waals surface area (Å²) in [6.45, 7) is 1.11. The van der Waals surface area contributed by atoms with Gasteiger partial charge in [0, 0.05) is 33.5 Å². The molecule has 1 heterocycles. The number of carbonyl (C=O) groups excluding carboxylic acids is 2. The van der Waals surface area contributed by atoms with Gasteiger partial charge in [-0.15, -0.1) is 0 Å². The molecular formula is C13H18ClN3O3. The SMILES string of the molecule is COCCCNC(=O)CN(C)C(=O)c1ccc(Cl)nc1. The Balaban J connectivity index is 2.41. The lowest BCUT2D eigenvalue weighted by Gasteiger charge is -2.16. The van der Waals surface area contributed by atoms with Crippen molar-refractivity contribution in [1.29, 1.82) is 0 Å². The molecule has 0 aliphatic carbocycles. The Bertz CT molecular complexity index is 451. The molecule has 1 rings (SSSR count). The van der Waals surface area contributed by atoms with Crippen LogP contribution in [0.4, 0.5) is 0 Å². The second-order valence-corrected chi connectivity index (χ2v) is 4.61. The monoisotopic (exact) mass is 299 g/mol. The minimum absolute atomic E-state index is 0.00551. The number of amides is 2. The summed E-state index contributed by atoms with van der Waals surface area (Å²) in [5, 5.41) is 3.03. The Labute approximate surface area is 123 Å². The number of halogens is 1. The fourth-order valence-corrected chi connectivity index (χ4v) is 1.62. The average Bonchev–Trinajstić information content (AvgIpc) is 2.43. The van der Waals surface area contributed by atoms with Crippen molar-refractivity contribution < 1.29 is 14.3 Å². The molecule has 0 bridgehead atoms. The minimum atomic E-state index is -0.277. The smallest absolute Gasteiger partial charge is 0.255 e. The number of hydrogen-bond acceptors (Lipinski definition) is 4. The predicted octanol–water partition coefficient (Wildman–Crippen LogP) is 0.960. The maximum absolute atomic E-state index is 12.0. The van der Waals surface area contributed by atoms with Gasteiger partial charge >= 0.3 is 0 Å². The maximum Gasteiger partial charge on any atom is 0.255 e. The number of methoxy groups -OCH3 is 1. The summed E-state index contributed by atoms with van der Waals surface area (Å²) >= 11 is 5.65. The molecule has 0 atom stereocenters. The zero-order valence-electron chi connectivity index (χ0n) is 11.6. The van der Waals surface area contributed by atoms with E-state index in [0.717, 1.165) is 6.42 Å². The number of nitrogens with zero attached hydrogens (tertiary/aromatic N) is 2. The van der Waals surface area contributed by atoms with Crippen LogP contribution in [0.5, 0.6) is 0 Å². The first-order chi connectivity index (χ1) is 9.54. The summed E-state index contributed by atoms with van der Waals surface area (Å²) in [5.74, 6) is -0.486. The lowest BCUT2D eigenvalue weighted by Crippen LogP contribution is -2.38. The summed E-state index contributed by atoms with van der Waals surface area (Å²) in [7, 11) is 3.17. The third kappa shape index (κ3) is 5.54. The van der Waals surface area contributed by atoms with Gasteiger partial charge in [-0.2, -0.15) is 0 Å². The molecule has 1 aromatic rings. The number of hydrogen-bond donors (Lipinski definition) is 1. The summed E-state index contributed by atoms with van der Waals surface area (Å²) in [6, 6.07) is 3.11. The van der Waals surface area contributed by atoms with Gasteiger partial charge in [0.15, 0.2) is 0 Å². The zero-order valence-corrected chi connectivity index (χ0v) is 12.3. The Morgan fingerprint density at radius 3 is 2.80 bits per heavy atom. The fourth-order valence-electron chi connectivity index (χ4n) is 1.51. The number of ether oxygens (including phenoxy) is 1. The molecule has 0 radical (unpaired) electrons. The molecule has 0 aliphatic rings. The summed E-state index contributed by atoms with van der Waals surface area (Å²) < 4.78 is 4.88. The first-order valence-electron chi connectivity index (χ1n) is 6.17. The van der Waals surface area contributed by atoms with E-state index in [9.17, 15) is 9.59 Å². The highest BCUT2D eigenvalue weighted by atomic mass is 35.5. The second kappa shape index (κ2) is 8.50. The first-order valence-corrected chi connectivity index (χ1v) is 6.55. The van der Waals surface area contributed by atoms with Crippen molar-refractivity contribution in [2.75, 3.05) is 33.9 Å². The van der Waals surface area contributed by atoms with E-state index in [-0.39, 0.29) is 18.4 Å². The first kappa shape index (κ1) is 16.4. The van der Waals surface area contributed by atoms with Gasteiger partial charge in [-0.1, -0.05) is 11.6 Å². The molecule has 0 saturated heterocycles. The molecule has 0 aromatic carbocycles. The van der Waals surface area contributed by atoms with Crippen molar-refractivity contribution >= 4 is 23.4 Å². The molecule has 0 unspecified atom stereocenters. The average molecular weight is 300 g/mol. The molecule has 1 N–H and O–H groups in total. The number of nitrogens with one attached hydrogen (secondary N) is 1. The van der Waals surface area contributed by atoms with Crippen molar-refractivity contribution in [2.24, 2.45) is 0 Å². The van der Waals surface area contributed by atoms with Gasteiger partial charge in [0.2, 0.25) is 5.91 Å². The quantitative estimate of drug-likeness (QED) is 0.601. The normalized spacial score (nSPS) is 10.2. The molecule has 7 heteroatoms. The van der Waals surface area contributed by atoms with Gasteiger partial charge in [0.25, 0.3) is 5.91 Å². The lowest BCUT2D eigenvalue weighted by molar-refractivity contribution is -0.121. The standard InChI is InChI=1S/C13H18ClN3O3/c1-17(9-12(18)15-6-3-7-20-2)13(19)10-4-5-11(14)16-8-10/h4-5,8H,3,6-7,9H2,1-2H3,(H,15,18). The van der Waals surface area contributed by atoms with Crippen LogP contribution in [0.2, 0.25) is 5.15 Å². The van der Waals surface area contributed by atoms with Gasteiger partial charge in [0.1, 0.15) is 5.15 Å². The predicted molar refractivity (Wildman–Crippen MR) is 75.7 cm³/mol. The van der Waals surface area contributed by atoms with E-state index in [0.29, 0.717) is 23.9 Å². The number of rotatable bonds is 7. The molecule has 2 amide bonds. The van der Waals surface area contributed by atoms with Crippen molar-refractivity contribution in [3.8, 4) is 0 Å². The van der Waals surface area contributed by atoms with E-state index >= 15 is 0 Å². The molecular weight excluding hydrogens is 282 g/mol. The fraction of sp³-hybridized carbons (Fsp3) is 0.462. The van der Waals surface area contributed by atoms with Crippen molar-refractivity contribution in [2.45, 2.75) is 6.42 Å². The van der Waals surface area contributed by atoms with Crippen LogP contribution in [-0.4, -0.2) is 55.6 Å². The largest absolute Gasteiger partial charge is 0.385 e. The van der Waals surface area contributed by atoms with Crippen LogP contribution in [0.1, 0.15) is 16.8 Å². The van der Waals surface area contributed by atoms with Crippen LogP contribution in [-0.2, 0) is 9.53 Å². The highest BCUT2D eigenvalue weighted by Crippen LogP contribution is 2.07. The Morgan fingerprint density at radius 2 is 2.20 bits per heavy atom. The molecule has 110 valence electrons. The Morgan fingerprint density at radius 1 is 1.45 bits per heavy atom. The van der Waals surface area contributed by atoms with Gasteiger partial charge in [-0.3, -0.25) is 9.59 Å². The topological polar surface area (TPSA) is 71.5 Å². The van der Waals surface area contributed by atoms with E-state index < -0.39 is 0 Å². The van der Waals surface area contributed by atoms with Crippen LogP contribution in [0.3, 0.4) is 0 Å². The molecule has 1 aromatic heterocycles. The van der Waals surface area contributed by atoms with Gasteiger partial charge in [0.05, 0.1) is 12.1 Å². The molecule has 0 spiro atoms. The number of aromatic nitrogens is 1. The molecule has 20 heavy (non-hydrogen) atoms. The van der Waals surface area contributed by atoms with Crippen LogP contribution in [0.15, 0.2) is 18.3 Å². The lowest BCUT2D eigenvalue weighted by atomic mass is 10.2. The number of pyridine rings is 1. The van der Waals surface area contributed by atoms with E-state index in [1.54, 1.807) is 20.2 Å². The Kier molecular flexibility index (Phi) is 6.97. The highest BCUT2D eigenvalue weighted by Gasteiger charge is 2.14. The maximum atomic E-state index is 12.0. The van der Waals surface area contributed by atoms with Crippen molar-refractivity contribution in [1.82, 2.24) is 15.2 Å². The van der Waals surface area contributed by atoms with Crippen LogP contribution in [0, 0.1) is 0 Å². The van der Waals surface area contributed by atoms with Crippen LogP contribution < -0.4 is 5.32 Å². The number of likely N-dealkylation sites (N-methyl/N-ethyl adjacent to an activating group) is 1. The van der Waals surface area contributed by atoms with Crippen molar-refractivity contribution in [3.05, 3.63) is 29.0 Å². The summed E-state index contributed by atoms with van der Waals surface area (Å²) in [4.78, 5) is 28.8. The van der Waals surface area contributed by atoms with E-state index in [1.165, 1.54) is 17.2 Å². The molecule has 0 aliphatic heterocycles. The molecule has 6 nitrogen and oxygen atoms in total. The number of carbonyl (C=O) groups is 2. The van der Waals surface area contributed by atoms with Crippen molar-refractivity contribution in [3.63, 3.8) is 0 Å².